The van der Waals surface area contributed by atoms with Crippen LogP contribution in [0.5, 0.6) is 11.5 Å². The Labute approximate surface area is 183 Å². The lowest BCUT2D eigenvalue weighted by atomic mass is 9.93. The molecule has 0 bridgehead atoms. The van der Waals surface area contributed by atoms with E-state index in [1.165, 1.54) is 0 Å². The molecule has 6 nitrogen and oxygen atoms in total. The normalized spacial score (nSPS) is 14.8. The Morgan fingerprint density at radius 2 is 2.00 bits per heavy atom. The van der Waals surface area contributed by atoms with Crippen molar-refractivity contribution in [3.63, 3.8) is 0 Å². The number of anilines is 2. The lowest BCUT2D eigenvalue weighted by Crippen LogP contribution is -2.42. The maximum Gasteiger partial charge on any atom is 0.255 e. The monoisotopic (exact) mass is 422 g/mol. The minimum Gasteiger partial charge on any atom is -0.494 e. The molecular weight excluding hydrogens is 392 g/mol. The number of rotatable bonds is 8. The van der Waals surface area contributed by atoms with Crippen LogP contribution in [0.15, 0.2) is 55.1 Å². The van der Waals surface area contributed by atoms with E-state index < -0.39 is 5.41 Å². The van der Waals surface area contributed by atoms with E-state index in [0.29, 0.717) is 35.8 Å². The number of hydrogen-bond donors (Lipinski definition) is 1. The van der Waals surface area contributed by atoms with Crippen LogP contribution in [0.2, 0.25) is 0 Å². The number of benzene rings is 2. The summed E-state index contributed by atoms with van der Waals surface area (Å²) in [5.41, 5.74) is 1.06. The third kappa shape index (κ3) is 5.26. The van der Waals surface area contributed by atoms with Gasteiger partial charge in [0.05, 0.1) is 17.7 Å². The Morgan fingerprint density at radius 3 is 2.68 bits per heavy atom. The minimum absolute atomic E-state index is 0.0479. The van der Waals surface area contributed by atoms with Gasteiger partial charge < -0.3 is 19.7 Å². The van der Waals surface area contributed by atoms with Crippen LogP contribution in [0.4, 0.5) is 11.4 Å². The zero-order valence-electron chi connectivity index (χ0n) is 18.4. The topological polar surface area (TPSA) is 67.9 Å². The molecule has 0 unspecified atom stereocenters. The standard InChI is InChI=1S/C25H30N2O4/c1-5-7-15-30-20-11-8-18(9-12-20)23(28)26-19-10-13-22-21(16-19)27(14-6-2)24(29)25(3,4)17-31-22/h6,8-13,16H,2,5,7,14-15,17H2,1,3-4H3,(H,26,28). The quantitative estimate of drug-likeness (QED) is 0.477. The number of hydrogen-bond acceptors (Lipinski definition) is 4. The molecule has 0 saturated heterocycles. The number of ether oxygens (including phenoxy) is 2. The highest BCUT2D eigenvalue weighted by molar-refractivity contribution is 6.05. The van der Waals surface area contributed by atoms with Gasteiger partial charge in [0.25, 0.3) is 5.91 Å². The molecule has 2 aromatic rings. The number of unbranched alkanes of at least 4 members (excludes halogenated alkanes) is 1. The average Bonchev–Trinajstić information content (AvgIpc) is 2.85. The van der Waals surface area contributed by atoms with Crippen LogP contribution in [-0.2, 0) is 4.79 Å². The molecule has 0 aromatic heterocycles. The third-order valence-electron chi connectivity index (χ3n) is 5.12. The third-order valence-corrected chi connectivity index (χ3v) is 5.12. The highest BCUT2D eigenvalue weighted by Crippen LogP contribution is 2.38. The molecule has 1 aliphatic rings. The summed E-state index contributed by atoms with van der Waals surface area (Å²) < 4.78 is 11.5. The summed E-state index contributed by atoms with van der Waals surface area (Å²) in [5.74, 6) is 1.06. The van der Waals surface area contributed by atoms with Gasteiger partial charge in [0, 0.05) is 17.8 Å². The number of fused-ring (bicyclic) bond motifs is 1. The zero-order valence-corrected chi connectivity index (χ0v) is 18.4. The Morgan fingerprint density at radius 1 is 1.26 bits per heavy atom. The molecule has 0 spiro atoms. The van der Waals surface area contributed by atoms with Crippen LogP contribution in [0.25, 0.3) is 0 Å². The number of nitrogens with zero attached hydrogens (tertiary/aromatic N) is 1. The molecule has 0 fully saturated rings. The number of carbonyl (C=O) groups excluding carboxylic acids is 2. The minimum atomic E-state index is -0.660. The van der Waals surface area contributed by atoms with E-state index in [-0.39, 0.29) is 18.4 Å². The van der Waals surface area contributed by atoms with Crippen molar-refractivity contribution in [2.24, 2.45) is 5.41 Å². The van der Waals surface area contributed by atoms with Gasteiger partial charge in [-0.25, -0.2) is 0 Å². The van der Waals surface area contributed by atoms with E-state index in [2.05, 4.69) is 18.8 Å². The maximum absolute atomic E-state index is 13.0. The van der Waals surface area contributed by atoms with Gasteiger partial charge in [0.2, 0.25) is 5.91 Å². The zero-order chi connectivity index (χ0) is 22.4. The summed E-state index contributed by atoms with van der Waals surface area (Å²) in [7, 11) is 0. The smallest absolute Gasteiger partial charge is 0.255 e. The highest BCUT2D eigenvalue weighted by Gasteiger charge is 2.37. The van der Waals surface area contributed by atoms with Gasteiger partial charge in [-0.15, -0.1) is 6.58 Å². The van der Waals surface area contributed by atoms with E-state index in [1.807, 2.05) is 13.8 Å². The molecule has 1 N–H and O–H groups in total. The Balaban J connectivity index is 1.77. The fourth-order valence-corrected chi connectivity index (χ4v) is 3.27. The maximum atomic E-state index is 13.0. The van der Waals surface area contributed by atoms with Crippen LogP contribution in [0.3, 0.4) is 0 Å². The fourth-order valence-electron chi connectivity index (χ4n) is 3.27. The largest absolute Gasteiger partial charge is 0.494 e. The first-order valence-corrected chi connectivity index (χ1v) is 10.6. The van der Waals surface area contributed by atoms with Crippen molar-refractivity contribution in [2.45, 2.75) is 33.6 Å². The van der Waals surface area contributed by atoms with E-state index in [4.69, 9.17) is 9.47 Å². The van der Waals surface area contributed by atoms with E-state index in [1.54, 1.807) is 53.4 Å². The van der Waals surface area contributed by atoms with Crippen LogP contribution < -0.4 is 19.7 Å². The average molecular weight is 423 g/mol. The van der Waals surface area contributed by atoms with E-state index >= 15 is 0 Å². The van der Waals surface area contributed by atoms with Gasteiger partial charge in [-0.05, 0) is 62.7 Å². The molecule has 3 rings (SSSR count). The lowest BCUT2D eigenvalue weighted by molar-refractivity contribution is -0.127. The summed E-state index contributed by atoms with van der Waals surface area (Å²) in [5, 5.41) is 2.90. The van der Waals surface area contributed by atoms with Crippen LogP contribution in [-0.4, -0.2) is 31.6 Å². The van der Waals surface area contributed by atoms with Crippen LogP contribution >= 0.6 is 0 Å². The van der Waals surface area contributed by atoms with Crippen molar-refractivity contribution in [1.29, 1.82) is 0 Å². The SMILES string of the molecule is C=CCN1C(=O)C(C)(C)COc2ccc(NC(=O)c3ccc(OCCCC)cc3)cc21. The van der Waals surface area contributed by atoms with Gasteiger partial charge in [-0.2, -0.15) is 0 Å². The van der Waals surface area contributed by atoms with Crippen molar-refractivity contribution in [3.8, 4) is 11.5 Å². The molecule has 1 heterocycles. The highest BCUT2D eigenvalue weighted by atomic mass is 16.5. The second-order valence-electron chi connectivity index (χ2n) is 8.24. The van der Waals surface area contributed by atoms with Crippen molar-refractivity contribution in [3.05, 3.63) is 60.7 Å². The van der Waals surface area contributed by atoms with Crippen LogP contribution in [0.1, 0.15) is 44.0 Å². The molecular formula is C25H30N2O4. The molecule has 0 atom stereocenters. The van der Waals surface area contributed by atoms with Gasteiger partial charge in [-0.3, -0.25) is 9.59 Å². The second kappa shape index (κ2) is 9.69. The van der Waals surface area contributed by atoms with Crippen molar-refractivity contribution >= 4 is 23.2 Å². The van der Waals surface area contributed by atoms with E-state index in [9.17, 15) is 9.59 Å². The van der Waals surface area contributed by atoms with Crippen LogP contribution in [0, 0.1) is 5.41 Å². The van der Waals surface area contributed by atoms with Crippen molar-refractivity contribution < 1.29 is 19.1 Å². The first-order chi connectivity index (χ1) is 14.9. The first-order valence-electron chi connectivity index (χ1n) is 10.6. The van der Waals surface area contributed by atoms with E-state index in [0.717, 1.165) is 18.6 Å². The summed E-state index contributed by atoms with van der Waals surface area (Å²) in [4.78, 5) is 27.4. The predicted molar refractivity (Wildman–Crippen MR) is 123 cm³/mol. The van der Waals surface area contributed by atoms with Crippen molar-refractivity contribution in [1.82, 2.24) is 0 Å². The Bertz CT molecular complexity index is 950. The lowest BCUT2D eigenvalue weighted by Gasteiger charge is -2.27. The van der Waals surface area contributed by atoms with Crippen molar-refractivity contribution in [2.75, 3.05) is 30.0 Å². The molecule has 6 heteroatoms. The van der Waals surface area contributed by atoms with Gasteiger partial charge >= 0.3 is 0 Å². The molecule has 2 amide bonds. The fraction of sp³-hybridized carbons (Fsp3) is 0.360. The molecule has 2 aromatic carbocycles. The summed E-state index contributed by atoms with van der Waals surface area (Å²) in [6.45, 7) is 10.9. The summed E-state index contributed by atoms with van der Waals surface area (Å²) >= 11 is 0. The van der Waals surface area contributed by atoms with Gasteiger partial charge in [0.1, 0.15) is 18.1 Å². The number of nitrogens with one attached hydrogen (secondary N) is 1. The second-order valence-corrected chi connectivity index (χ2v) is 8.24. The molecule has 0 aliphatic carbocycles. The Kier molecular flexibility index (Phi) is 7.00. The van der Waals surface area contributed by atoms with Gasteiger partial charge in [-0.1, -0.05) is 19.4 Å². The molecule has 31 heavy (non-hydrogen) atoms. The Hall–Kier alpha value is -3.28. The number of carbonyl (C=O) groups is 2. The molecule has 0 saturated carbocycles. The summed E-state index contributed by atoms with van der Waals surface area (Å²) in [6, 6.07) is 12.4. The summed E-state index contributed by atoms with van der Waals surface area (Å²) in [6.07, 6.45) is 3.74. The van der Waals surface area contributed by atoms with Gasteiger partial charge in [0.15, 0.2) is 0 Å². The number of amides is 2. The molecule has 0 radical (unpaired) electrons. The molecule has 1 aliphatic heterocycles. The first kappa shape index (κ1) is 22.4. The molecule has 164 valence electrons. The predicted octanol–water partition coefficient (Wildman–Crippen LogP) is 5.06.